The molecular formula is C17H19NO2. The number of anilines is 1. The Balaban J connectivity index is 2.15. The number of hydrogen-bond acceptors (Lipinski definition) is 2. The van der Waals surface area contributed by atoms with E-state index in [4.69, 9.17) is 4.74 Å². The summed E-state index contributed by atoms with van der Waals surface area (Å²) in [5.74, 6) is 0.978. The third-order valence-electron chi connectivity index (χ3n) is 3.19. The molecule has 2 rings (SSSR count). The van der Waals surface area contributed by atoms with Crippen molar-refractivity contribution in [1.29, 1.82) is 0 Å². The zero-order valence-corrected chi connectivity index (χ0v) is 12.0. The first kappa shape index (κ1) is 14.1. The van der Waals surface area contributed by atoms with E-state index in [1.54, 1.807) is 7.11 Å². The molecule has 0 saturated heterocycles. The first-order valence-corrected chi connectivity index (χ1v) is 6.66. The Bertz CT molecular complexity index is 588. The summed E-state index contributed by atoms with van der Waals surface area (Å²) in [6, 6.07) is 15.0. The van der Waals surface area contributed by atoms with Gasteiger partial charge in [0.15, 0.2) is 0 Å². The van der Waals surface area contributed by atoms with E-state index in [2.05, 4.69) is 19.2 Å². The van der Waals surface area contributed by atoms with Gasteiger partial charge in [0.2, 0.25) is 0 Å². The van der Waals surface area contributed by atoms with Crippen molar-refractivity contribution in [1.82, 2.24) is 0 Å². The maximum atomic E-state index is 12.2. The zero-order chi connectivity index (χ0) is 14.5. The minimum absolute atomic E-state index is 0.134. The Labute approximate surface area is 119 Å². The van der Waals surface area contributed by atoms with Gasteiger partial charge in [0.1, 0.15) is 5.75 Å². The van der Waals surface area contributed by atoms with Gasteiger partial charge < -0.3 is 10.1 Å². The number of benzene rings is 2. The van der Waals surface area contributed by atoms with Gasteiger partial charge in [-0.2, -0.15) is 0 Å². The van der Waals surface area contributed by atoms with Crippen LogP contribution in [0.3, 0.4) is 0 Å². The van der Waals surface area contributed by atoms with Crippen molar-refractivity contribution in [3.63, 3.8) is 0 Å². The van der Waals surface area contributed by atoms with E-state index in [0.717, 1.165) is 0 Å². The van der Waals surface area contributed by atoms with Gasteiger partial charge in [0.25, 0.3) is 5.91 Å². The van der Waals surface area contributed by atoms with E-state index in [1.807, 2.05) is 48.5 Å². The largest absolute Gasteiger partial charge is 0.495 e. The fourth-order valence-electron chi connectivity index (χ4n) is 1.96. The molecule has 0 fully saturated rings. The molecule has 20 heavy (non-hydrogen) atoms. The molecule has 0 atom stereocenters. The van der Waals surface area contributed by atoms with Gasteiger partial charge in [0.05, 0.1) is 12.8 Å². The minimum atomic E-state index is -0.134. The zero-order valence-electron chi connectivity index (χ0n) is 12.0. The summed E-state index contributed by atoms with van der Waals surface area (Å²) in [7, 11) is 1.59. The van der Waals surface area contributed by atoms with Crippen LogP contribution < -0.4 is 10.1 Å². The van der Waals surface area contributed by atoms with Crippen molar-refractivity contribution >= 4 is 11.6 Å². The Kier molecular flexibility index (Phi) is 4.41. The maximum Gasteiger partial charge on any atom is 0.255 e. The molecule has 1 amide bonds. The van der Waals surface area contributed by atoms with E-state index >= 15 is 0 Å². The van der Waals surface area contributed by atoms with Gasteiger partial charge >= 0.3 is 0 Å². The van der Waals surface area contributed by atoms with Crippen molar-refractivity contribution in [3.05, 3.63) is 59.7 Å². The van der Waals surface area contributed by atoms with E-state index in [0.29, 0.717) is 22.9 Å². The second kappa shape index (κ2) is 6.24. The SMILES string of the molecule is COc1ccccc1NC(=O)c1ccc(C(C)C)cc1. The van der Waals surface area contributed by atoms with Gasteiger partial charge in [-0.25, -0.2) is 0 Å². The summed E-state index contributed by atoms with van der Waals surface area (Å²) in [6.45, 7) is 4.26. The van der Waals surface area contributed by atoms with Gasteiger partial charge in [0, 0.05) is 5.56 Å². The highest BCUT2D eigenvalue weighted by atomic mass is 16.5. The van der Waals surface area contributed by atoms with Gasteiger partial charge in [-0.1, -0.05) is 38.1 Å². The van der Waals surface area contributed by atoms with Crippen LogP contribution in [-0.2, 0) is 0 Å². The van der Waals surface area contributed by atoms with Crippen LogP contribution in [0.1, 0.15) is 35.7 Å². The second-order valence-electron chi connectivity index (χ2n) is 4.93. The number of methoxy groups -OCH3 is 1. The lowest BCUT2D eigenvalue weighted by atomic mass is 10.0. The highest BCUT2D eigenvalue weighted by molar-refractivity contribution is 6.05. The molecule has 0 heterocycles. The molecule has 3 nitrogen and oxygen atoms in total. The summed E-state index contributed by atoms with van der Waals surface area (Å²) in [5.41, 5.74) is 2.53. The molecule has 0 spiro atoms. The molecule has 0 unspecified atom stereocenters. The van der Waals surface area contributed by atoms with Crippen LogP contribution in [-0.4, -0.2) is 13.0 Å². The highest BCUT2D eigenvalue weighted by Crippen LogP contribution is 2.24. The first-order chi connectivity index (χ1) is 9.61. The van der Waals surface area contributed by atoms with E-state index in [1.165, 1.54) is 5.56 Å². The lowest BCUT2D eigenvalue weighted by molar-refractivity contribution is 0.102. The van der Waals surface area contributed by atoms with E-state index < -0.39 is 0 Å². The monoisotopic (exact) mass is 269 g/mol. The highest BCUT2D eigenvalue weighted by Gasteiger charge is 2.09. The Morgan fingerprint density at radius 3 is 2.30 bits per heavy atom. The van der Waals surface area contributed by atoms with Crippen LogP contribution in [0, 0.1) is 0 Å². The molecule has 0 aliphatic carbocycles. The molecule has 0 aromatic heterocycles. The standard InChI is InChI=1S/C17H19NO2/c1-12(2)13-8-10-14(11-9-13)17(19)18-15-6-4-5-7-16(15)20-3/h4-12H,1-3H3,(H,18,19). The third kappa shape index (κ3) is 3.18. The third-order valence-corrected chi connectivity index (χ3v) is 3.19. The maximum absolute atomic E-state index is 12.2. The van der Waals surface area contributed by atoms with Crippen molar-refractivity contribution in [3.8, 4) is 5.75 Å². The topological polar surface area (TPSA) is 38.3 Å². The fraction of sp³-hybridized carbons (Fsp3) is 0.235. The Hall–Kier alpha value is -2.29. The number of carbonyl (C=O) groups excluding carboxylic acids is 1. The number of hydrogen-bond donors (Lipinski definition) is 1. The summed E-state index contributed by atoms with van der Waals surface area (Å²) < 4.78 is 5.22. The van der Waals surface area contributed by atoms with Gasteiger partial charge in [-0.3, -0.25) is 4.79 Å². The molecule has 104 valence electrons. The average molecular weight is 269 g/mol. The molecule has 0 aliphatic rings. The molecule has 3 heteroatoms. The second-order valence-corrected chi connectivity index (χ2v) is 4.93. The lowest BCUT2D eigenvalue weighted by Crippen LogP contribution is -2.12. The number of nitrogens with one attached hydrogen (secondary N) is 1. The predicted molar refractivity (Wildman–Crippen MR) is 81.5 cm³/mol. The van der Waals surface area contributed by atoms with Gasteiger partial charge in [-0.15, -0.1) is 0 Å². The number of carbonyl (C=O) groups is 1. The van der Waals surface area contributed by atoms with Crippen LogP contribution in [0.4, 0.5) is 5.69 Å². The van der Waals surface area contributed by atoms with Gasteiger partial charge in [-0.05, 0) is 35.7 Å². The van der Waals surface area contributed by atoms with Crippen LogP contribution in [0.25, 0.3) is 0 Å². The number of para-hydroxylation sites is 2. The summed E-state index contributed by atoms with van der Waals surface area (Å²) in [6.07, 6.45) is 0. The predicted octanol–water partition coefficient (Wildman–Crippen LogP) is 4.07. The molecule has 0 saturated carbocycles. The molecule has 1 N–H and O–H groups in total. The molecule has 0 radical (unpaired) electrons. The van der Waals surface area contributed by atoms with Crippen LogP contribution in [0.2, 0.25) is 0 Å². The van der Waals surface area contributed by atoms with E-state index in [-0.39, 0.29) is 5.91 Å². The summed E-state index contributed by atoms with van der Waals surface area (Å²) >= 11 is 0. The molecule has 2 aromatic rings. The average Bonchev–Trinajstić information content (AvgIpc) is 2.48. The summed E-state index contributed by atoms with van der Waals surface area (Å²) in [5, 5.41) is 2.86. The van der Waals surface area contributed by atoms with Crippen LogP contribution >= 0.6 is 0 Å². The number of rotatable bonds is 4. The lowest BCUT2D eigenvalue weighted by Gasteiger charge is -2.10. The smallest absolute Gasteiger partial charge is 0.255 e. The summed E-state index contributed by atoms with van der Waals surface area (Å²) in [4.78, 5) is 12.2. The van der Waals surface area contributed by atoms with Crippen LogP contribution in [0.5, 0.6) is 5.75 Å². The molecule has 2 aromatic carbocycles. The van der Waals surface area contributed by atoms with Crippen molar-refractivity contribution in [2.24, 2.45) is 0 Å². The van der Waals surface area contributed by atoms with Crippen molar-refractivity contribution in [2.45, 2.75) is 19.8 Å². The molecular weight excluding hydrogens is 250 g/mol. The first-order valence-electron chi connectivity index (χ1n) is 6.66. The van der Waals surface area contributed by atoms with Crippen LogP contribution in [0.15, 0.2) is 48.5 Å². The number of amides is 1. The molecule has 0 aliphatic heterocycles. The quantitative estimate of drug-likeness (QED) is 0.908. The van der Waals surface area contributed by atoms with Crippen molar-refractivity contribution < 1.29 is 9.53 Å². The Morgan fingerprint density at radius 2 is 1.70 bits per heavy atom. The Morgan fingerprint density at radius 1 is 1.05 bits per heavy atom. The molecule has 0 bridgehead atoms. The fourth-order valence-corrected chi connectivity index (χ4v) is 1.96. The van der Waals surface area contributed by atoms with E-state index in [9.17, 15) is 4.79 Å². The van der Waals surface area contributed by atoms with Crippen molar-refractivity contribution in [2.75, 3.05) is 12.4 Å². The normalized spacial score (nSPS) is 10.4. The number of ether oxygens (including phenoxy) is 1. The minimum Gasteiger partial charge on any atom is -0.495 e.